The molecule has 2 saturated heterocycles. The number of piperazine rings is 2. The Morgan fingerprint density at radius 2 is 1.05 bits per heavy atom. The van der Waals surface area contributed by atoms with Crippen LogP contribution in [0.25, 0.3) is 11.3 Å². The number of imidazole rings is 2. The van der Waals surface area contributed by atoms with Crippen LogP contribution in [0.5, 0.6) is 0 Å². The second-order valence-corrected chi connectivity index (χ2v) is 15.1. The Morgan fingerprint density at radius 1 is 0.638 bits per heavy atom. The molecule has 4 amide bonds. The van der Waals surface area contributed by atoms with Crippen LogP contribution in [-0.4, -0.2) is 102 Å². The maximum absolute atomic E-state index is 14.0. The largest absolute Gasteiger partial charge is 0.365 e. The lowest BCUT2D eigenvalue weighted by molar-refractivity contribution is 0.167. The number of urea groups is 2. The topological polar surface area (TPSA) is 132 Å². The molecule has 4 atom stereocenters. The van der Waals surface area contributed by atoms with E-state index in [4.69, 9.17) is 0 Å². The predicted molar refractivity (Wildman–Crippen MR) is 219 cm³/mol. The lowest BCUT2D eigenvalue weighted by Gasteiger charge is -2.41. The van der Waals surface area contributed by atoms with Crippen LogP contribution >= 0.6 is 0 Å². The van der Waals surface area contributed by atoms with E-state index in [0.29, 0.717) is 50.6 Å². The molecule has 6 aromatic heterocycles. The lowest BCUT2D eigenvalue weighted by atomic mass is 10.1. The fraction of sp³-hybridized carbons (Fsp3) is 0.381. The molecule has 2 aliphatic heterocycles. The van der Waals surface area contributed by atoms with Gasteiger partial charge in [0, 0.05) is 98.9 Å². The molecular formula is C42H50F2N12O2. The summed E-state index contributed by atoms with van der Waals surface area (Å²) in [6.07, 6.45) is 9.27. The third-order valence-electron chi connectivity index (χ3n) is 11.0. The first kappa shape index (κ1) is 39.9. The molecule has 14 nitrogen and oxygen atoms in total. The van der Waals surface area contributed by atoms with Crippen LogP contribution in [0.2, 0.25) is 0 Å². The Bertz CT molecular complexity index is 2240. The van der Waals surface area contributed by atoms with Gasteiger partial charge in [0.2, 0.25) is 0 Å². The van der Waals surface area contributed by atoms with Crippen LogP contribution in [0.3, 0.4) is 0 Å². The molecule has 16 heteroatoms. The molecule has 0 spiro atoms. The summed E-state index contributed by atoms with van der Waals surface area (Å²) in [7, 11) is 0. The molecule has 0 bridgehead atoms. The van der Waals surface area contributed by atoms with Gasteiger partial charge in [-0.1, -0.05) is 12.1 Å². The minimum atomic E-state index is -0.338. The molecular weight excluding hydrogens is 743 g/mol. The quantitative estimate of drug-likeness (QED) is 0.201. The van der Waals surface area contributed by atoms with E-state index >= 15 is 0 Å². The molecule has 0 unspecified atom stereocenters. The van der Waals surface area contributed by atoms with Gasteiger partial charge in [-0.15, -0.1) is 0 Å². The number of rotatable bonds is 6. The number of hydrogen-bond acceptors (Lipinski definition) is 8. The number of aromatic nitrogens is 6. The molecule has 2 aliphatic rings. The van der Waals surface area contributed by atoms with E-state index in [2.05, 4.69) is 39.4 Å². The third-order valence-corrected chi connectivity index (χ3v) is 11.0. The van der Waals surface area contributed by atoms with Crippen molar-refractivity contribution in [3.8, 4) is 0 Å². The van der Waals surface area contributed by atoms with Crippen LogP contribution < -0.4 is 20.4 Å². The van der Waals surface area contributed by atoms with Gasteiger partial charge in [-0.3, -0.25) is 18.8 Å². The van der Waals surface area contributed by atoms with Gasteiger partial charge >= 0.3 is 12.1 Å². The summed E-state index contributed by atoms with van der Waals surface area (Å²) >= 11 is 0. The van der Waals surface area contributed by atoms with E-state index in [0.717, 1.165) is 34.1 Å². The van der Waals surface area contributed by atoms with Crippen molar-refractivity contribution in [2.24, 2.45) is 0 Å². The standard InChI is InChI=1S/2C21H25FN6O/c2*1-14-11-24-20-6-4-5-18(28(14)20)16(3)25-21(29)27-10-9-26(13-15(27)2)19-7-8-23-12-17(19)22/h2*4-8,11-12,15-16H,9-10,13H2,1-3H3,(H,25,29)/t15-,16+;15-,16-/m11/s1. The Labute approximate surface area is 336 Å². The maximum atomic E-state index is 14.0. The Morgan fingerprint density at radius 3 is 1.43 bits per heavy atom. The van der Waals surface area contributed by atoms with Gasteiger partial charge in [-0.2, -0.15) is 0 Å². The summed E-state index contributed by atoms with van der Waals surface area (Å²) in [5, 5.41) is 6.21. The fourth-order valence-corrected chi connectivity index (χ4v) is 8.00. The van der Waals surface area contributed by atoms with Crippen LogP contribution in [0, 0.1) is 25.5 Å². The number of nitrogens with one attached hydrogen (secondary N) is 2. The average molecular weight is 793 g/mol. The number of carbonyl (C=O) groups is 2. The molecule has 58 heavy (non-hydrogen) atoms. The summed E-state index contributed by atoms with van der Waals surface area (Å²) in [6, 6.07) is 14.5. The average Bonchev–Trinajstić information content (AvgIpc) is 3.79. The zero-order valence-electron chi connectivity index (χ0n) is 33.7. The monoisotopic (exact) mass is 792 g/mol. The third kappa shape index (κ3) is 8.22. The van der Waals surface area contributed by atoms with Gasteiger partial charge in [-0.05, 0) is 77.9 Å². The highest BCUT2D eigenvalue weighted by atomic mass is 19.1. The van der Waals surface area contributed by atoms with Gasteiger partial charge in [-0.25, -0.2) is 28.3 Å². The summed E-state index contributed by atoms with van der Waals surface area (Å²) < 4.78 is 32.2. The number of pyridine rings is 4. The summed E-state index contributed by atoms with van der Waals surface area (Å²) in [5.41, 5.74) is 6.80. The van der Waals surface area contributed by atoms with Crippen molar-refractivity contribution >= 4 is 34.7 Å². The highest BCUT2D eigenvalue weighted by Crippen LogP contribution is 2.25. The van der Waals surface area contributed by atoms with E-state index in [-0.39, 0.29) is 47.9 Å². The molecule has 0 saturated carbocycles. The number of nitrogens with zero attached hydrogens (tertiary/aromatic N) is 10. The zero-order chi connectivity index (χ0) is 41.1. The number of fused-ring (bicyclic) bond motifs is 2. The molecule has 0 aromatic carbocycles. The van der Waals surface area contributed by atoms with E-state index in [1.54, 1.807) is 24.5 Å². The van der Waals surface area contributed by atoms with Gasteiger partial charge in [0.15, 0.2) is 11.6 Å². The number of halogens is 2. The van der Waals surface area contributed by atoms with Crippen molar-refractivity contribution in [1.82, 2.24) is 49.2 Å². The Hall–Kier alpha value is -6.32. The summed E-state index contributed by atoms with van der Waals surface area (Å²) in [5.74, 6) is -0.676. The van der Waals surface area contributed by atoms with Gasteiger partial charge in [0.1, 0.15) is 11.3 Å². The van der Waals surface area contributed by atoms with Crippen molar-refractivity contribution in [2.75, 3.05) is 49.1 Å². The van der Waals surface area contributed by atoms with E-state index in [1.807, 2.05) is 110 Å². The SMILES string of the molecule is Cc1cnc2cccc([C@@H](C)NC(=O)N3CCN(c4ccncc4F)C[C@H]3C)n12.Cc1cnc2cccc([C@H](C)NC(=O)N3CCN(c4ccncc4F)C[C@H]3C)n12. The molecule has 2 N–H and O–H groups in total. The van der Waals surface area contributed by atoms with E-state index in [9.17, 15) is 18.4 Å². The van der Waals surface area contributed by atoms with Gasteiger partial charge < -0.3 is 30.2 Å². The van der Waals surface area contributed by atoms with Crippen molar-refractivity contribution in [3.05, 3.63) is 120 Å². The number of aryl methyl sites for hydroxylation is 2. The molecule has 8 rings (SSSR count). The van der Waals surface area contributed by atoms with Crippen LogP contribution in [0.4, 0.5) is 29.7 Å². The van der Waals surface area contributed by atoms with Crippen LogP contribution in [0.1, 0.15) is 62.6 Å². The Kier molecular flexibility index (Phi) is 11.7. The fourth-order valence-electron chi connectivity index (χ4n) is 8.00. The van der Waals surface area contributed by atoms with Crippen LogP contribution in [0.15, 0.2) is 85.7 Å². The maximum Gasteiger partial charge on any atom is 0.318 e. The second kappa shape index (κ2) is 17.0. The van der Waals surface area contributed by atoms with E-state index in [1.165, 1.54) is 12.4 Å². The molecule has 8 heterocycles. The van der Waals surface area contributed by atoms with Crippen LogP contribution in [-0.2, 0) is 0 Å². The minimum absolute atomic E-state index is 0.0470. The number of amides is 4. The second-order valence-electron chi connectivity index (χ2n) is 15.1. The minimum Gasteiger partial charge on any atom is -0.365 e. The Balaban J connectivity index is 0.000000177. The highest BCUT2D eigenvalue weighted by Gasteiger charge is 2.31. The normalized spacial score (nSPS) is 18.1. The first-order valence-corrected chi connectivity index (χ1v) is 19.6. The summed E-state index contributed by atoms with van der Waals surface area (Å²) in [4.78, 5) is 49.8. The molecule has 0 aliphatic carbocycles. The molecule has 0 radical (unpaired) electrons. The van der Waals surface area contributed by atoms with Crippen molar-refractivity contribution < 1.29 is 18.4 Å². The number of hydrogen-bond donors (Lipinski definition) is 2. The molecule has 304 valence electrons. The highest BCUT2D eigenvalue weighted by molar-refractivity contribution is 5.76. The smallest absolute Gasteiger partial charge is 0.318 e. The molecule has 6 aromatic rings. The van der Waals surface area contributed by atoms with Crippen molar-refractivity contribution in [2.45, 2.75) is 65.7 Å². The summed E-state index contributed by atoms with van der Waals surface area (Å²) in [6.45, 7) is 15.2. The molecule has 2 fully saturated rings. The number of anilines is 2. The first-order valence-electron chi connectivity index (χ1n) is 19.6. The van der Waals surface area contributed by atoms with Crippen molar-refractivity contribution in [3.63, 3.8) is 0 Å². The first-order chi connectivity index (χ1) is 27.9. The van der Waals surface area contributed by atoms with E-state index < -0.39 is 0 Å². The zero-order valence-corrected chi connectivity index (χ0v) is 33.7. The predicted octanol–water partition coefficient (Wildman–Crippen LogP) is 6.32. The van der Waals surface area contributed by atoms with Gasteiger partial charge in [0.25, 0.3) is 0 Å². The van der Waals surface area contributed by atoms with Crippen molar-refractivity contribution in [1.29, 1.82) is 0 Å². The van der Waals surface area contributed by atoms with Gasteiger partial charge in [0.05, 0.1) is 35.9 Å². The number of carbonyl (C=O) groups excluding carboxylic acids is 2. The lowest BCUT2D eigenvalue weighted by Crippen LogP contribution is -2.57.